The minimum atomic E-state index is -0.538. The van der Waals surface area contributed by atoms with Gasteiger partial charge in [-0.1, -0.05) is 6.07 Å². The highest BCUT2D eigenvalue weighted by atomic mass is 19.1. The number of carbonyl (C=O) groups excluding carboxylic acids is 1. The van der Waals surface area contributed by atoms with Crippen molar-refractivity contribution in [1.29, 1.82) is 0 Å². The first-order chi connectivity index (χ1) is 9.75. The summed E-state index contributed by atoms with van der Waals surface area (Å²) in [7, 11) is 0. The lowest BCUT2D eigenvalue weighted by molar-refractivity contribution is 0.102. The lowest BCUT2D eigenvalue weighted by Gasteiger charge is -2.20. The predicted octanol–water partition coefficient (Wildman–Crippen LogP) is 2.83. The second kappa shape index (κ2) is 5.28. The van der Waals surface area contributed by atoms with Crippen LogP contribution < -0.4 is 10.6 Å². The number of nitrogens with zero attached hydrogens (tertiary/aromatic N) is 1. The van der Waals surface area contributed by atoms with E-state index in [0.717, 1.165) is 36.8 Å². The van der Waals surface area contributed by atoms with Gasteiger partial charge < -0.3 is 10.6 Å². The molecule has 0 atom stereocenters. The van der Waals surface area contributed by atoms with Crippen molar-refractivity contribution in [2.24, 2.45) is 0 Å². The largest absolute Gasteiger partial charge is 0.385 e. The molecule has 102 valence electrons. The molecule has 2 aromatic rings. The molecule has 1 amide bonds. The Morgan fingerprint density at radius 2 is 2.25 bits per heavy atom. The number of amides is 1. The average molecular weight is 271 g/mol. The van der Waals surface area contributed by atoms with E-state index in [4.69, 9.17) is 0 Å². The van der Waals surface area contributed by atoms with Gasteiger partial charge in [-0.3, -0.25) is 9.78 Å². The summed E-state index contributed by atoms with van der Waals surface area (Å²) >= 11 is 0. The van der Waals surface area contributed by atoms with Gasteiger partial charge in [-0.15, -0.1) is 0 Å². The summed E-state index contributed by atoms with van der Waals surface area (Å²) in [6.45, 7) is 0.914. The summed E-state index contributed by atoms with van der Waals surface area (Å²) in [6.07, 6.45) is 4.37. The Balaban J connectivity index is 1.90. The summed E-state index contributed by atoms with van der Waals surface area (Å²) in [6, 6.07) is 6.99. The number of nitrogens with one attached hydrogen (secondary N) is 2. The lowest BCUT2D eigenvalue weighted by atomic mass is 9.97. The van der Waals surface area contributed by atoms with Crippen molar-refractivity contribution in [1.82, 2.24) is 4.98 Å². The lowest BCUT2D eigenvalue weighted by Crippen LogP contribution is -2.19. The van der Waals surface area contributed by atoms with E-state index >= 15 is 0 Å². The first kappa shape index (κ1) is 12.6. The monoisotopic (exact) mass is 271 g/mol. The van der Waals surface area contributed by atoms with Gasteiger partial charge in [0, 0.05) is 24.0 Å². The third kappa shape index (κ3) is 2.34. The molecule has 0 spiro atoms. The molecule has 1 aromatic carbocycles. The van der Waals surface area contributed by atoms with Crippen molar-refractivity contribution < 1.29 is 9.18 Å². The van der Waals surface area contributed by atoms with Gasteiger partial charge in [0.2, 0.25) is 0 Å². The Hall–Kier alpha value is -2.43. The Morgan fingerprint density at radius 1 is 1.35 bits per heavy atom. The molecule has 0 saturated heterocycles. The molecule has 0 unspecified atom stereocenters. The van der Waals surface area contributed by atoms with Gasteiger partial charge in [0.25, 0.3) is 5.91 Å². The number of halogens is 1. The summed E-state index contributed by atoms with van der Waals surface area (Å²) in [5, 5.41) is 5.86. The summed E-state index contributed by atoms with van der Waals surface area (Å²) in [5.74, 6) is -0.834. The normalized spacial score (nSPS) is 13.2. The van der Waals surface area contributed by atoms with Gasteiger partial charge in [0.15, 0.2) is 5.82 Å². The van der Waals surface area contributed by atoms with E-state index in [0.29, 0.717) is 5.56 Å². The maximum absolute atomic E-state index is 13.5. The van der Waals surface area contributed by atoms with E-state index in [1.165, 1.54) is 12.3 Å². The van der Waals surface area contributed by atoms with Crippen LogP contribution in [0.15, 0.2) is 36.7 Å². The Kier molecular flexibility index (Phi) is 3.33. The smallest absolute Gasteiger partial charge is 0.256 e. The molecule has 1 aliphatic rings. The van der Waals surface area contributed by atoms with E-state index in [9.17, 15) is 9.18 Å². The van der Waals surface area contributed by atoms with E-state index in [2.05, 4.69) is 15.6 Å². The number of aromatic nitrogens is 1. The molecule has 0 radical (unpaired) electrons. The average Bonchev–Trinajstić information content (AvgIpc) is 2.49. The van der Waals surface area contributed by atoms with E-state index in [-0.39, 0.29) is 11.6 Å². The Morgan fingerprint density at radius 3 is 3.10 bits per heavy atom. The molecule has 1 aromatic heterocycles. The summed E-state index contributed by atoms with van der Waals surface area (Å²) < 4.78 is 13.5. The molecule has 2 heterocycles. The maximum Gasteiger partial charge on any atom is 0.256 e. The highest BCUT2D eigenvalue weighted by molar-refractivity contribution is 6.06. The van der Waals surface area contributed by atoms with Gasteiger partial charge in [0.05, 0.1) is 11.9 Å². The minimum absolute atomic E-state index is 0.145. The number of pyridine rings is 1. The van der Waals surface area contributed by atoms with Crippen LogP contribution in [0.25, 0.3) is 0 Å². The fourth-order valence-electron chi connectivity index (χ4n) is 2.39. The fourth-order valence-corrected chi connectivity index (χ4v) is 2.39. The first-order valence-corrected chi connectivity index (χ1v) is 6.52. The molecule has 2 N–H and O–H groups in total. The molecular formula is C15H14FN3O. The molecular weight excluding hydrogens is 257 g/mol. The fraction of sp³-hybridized carbons (Fsp3) is 0.200. The van der Waals surface area contributed by atoms with Crippen LogP contribution in [0.5, 0.6) is 0 Å². The van der Waals surface area contributed by atoms with Gasteiger partial charge in [0.1, 0.15) is 0 Å². The first-order valence-electron chi connectivity index (χ1n) is 6.52. The zero-order valence-corrected chi connectivity index (χ0v) is 10.8. The number of carbonyl (C=O) groups is 1. The Labute approximate surface area is 116 Å². The molecule has 0 saturated carbocycles. The zero-order chi connectivity index (χ0) is 13.9. The predicted molar refractivity (Wildman–Crippen MR) is 75.4 cm³/mol. The van der Waals surface area contributed by atoms with Crippen LogP contribution in [0.1, 0.15) is 22.3 Å². The minimum Gasteiger partial charge on any atom is -0.385 e. The quantitative estimate of drug-likeness (QED) is 0.883. The second-order valence-electron chi connectivity index (χ2n) is 4.67. The van der Waals surface area contributed by atoms with Crippen molar-refractivity contribution in [3.05, 3.63) is 53.6 Å². The van der Waals surface area contributed by atoms with Crippen molar-refractivity contribution in [3.8, 4) is 0 Å². The summed E-state index contributed by atoms with van der Waals surface area (Å²) in [4.78, 5) is 16.0. The molecule has 1 aliphatic heterocycles. The van der Waals surface area contributed by atoms with Crippen LogP contribution >= 0.6 is 0 Å². The van der Waals surface area contributed by atoms with Crippen LogP contribution in [-0.2, 0) is 6.42 Å². The molecule has 0 aliphatic carbocycles. The standard InChI is InChI=1S/C15H14FN3O/c16-12-9-17-8-6-14(12)19-15(20)11-3-1-5-13-10(11)4-2-7-18-13/h1,3,5-6,8-9,18H,2,4,7H2,(H,17,19,20). The molecule has 5 heteroatoms. The molecule has 4 nitrogen and oxygen atoms in total. The van der Waals surface area contributed by atoms with Crippen molar-refractivity contribution >= 4 is 17.3 Å². The topological polar surface area (TPSA) is 54.0 Å². The van der Waals surface area contributed by atoms with Gasteiger partial charge in [-0.05, 0) is 36.6 Å². The van der Waals surface area contributed by atoms with Crippen LogP contribution in [0.3, 0.4) is 0 Å². The number of fused-ring (bicyclic) bond motifs is 1. The second-order valence-corrected chi connectivity index (χ2v) is 4.67. The number of hydrogen-bond acceptors (Lipinski definition) is 3. The molecule has 3 rings (SSSR count). The zero-order valence-electron chi connectivity index (χ0n) is 10.8. The van der Waals surface area contributed by atoms with E-state index in [1.807, 2.05) is 12.1 Å². The number of rotatable bonds is 2. The highest BCUT2D eigenvalue weighted by Gasteiger charge is 2.18. The van der Waals surface area contributed by atoms with Crippen LogP contribution in [0.4, 0.5) is 15.8 Å². The number of benzene rings is 1. The molecule has 0 bridgehead atoms. The van der Waals surface area contributed by atoms with Crippen molar-refractivity contribution in [3.63, 3.8) is 0 Å². The van der Waals surface area contributed by atoms with E-state index < -0.39 is 5.82 Å². The van der Waals surface area contributed by atoms with Crippen molar-refractivity contribution in [2.75, 3.05) is 17.2 Å². The van der Waals surface area contributed by atoms with Crippen molar-refractivity contribution in [2.45, 2.75) is 12.8 Å². The van der Waals surface area contributed by atoms with E-state index in [1.54, 1.807) is 6.07 Å². The van der Waals surface area contributed by atoms with Gasteiger partial charge in [-0.2, -0.15) is 0 Å². The van der Waals surface area contributed by atoms with Gasteiger partial charge >= 0.3 is 0 Å². The highest BCUT2D eigenvalue weighted by Crippen LogP contribution is 2.26. The summed E-state index contributed by atoms with van der Waals surface area (Å²) in [5.41, 5.74) is 2.71. The van der Waals surface area contributed by atoms with Gasteiger partial charge in [-0.25, -0.2) is 4.39 Å². The number of anilines is 2. The van der Waals surface area contributed by atoms with Crippen LogP contribution in [0.2, 0.25) is 0 Å². The van der Waals surface area contributed by atoms with Crippen LogP contribution in [0, 0.1) is 5.82 Å². The number of hydrogen-bond donors (Lipinski definition) is 2. The molecule has 0 fully saturated rings. The molecule has 20 heavy (non-hydrogen) atoms. The third-order valence-corrected chi connectivity index (χ3v) is 3.36. The maximum atomic E-state index is 13.5. The third-order valence-electron chi connectivity index (χ3n) is 3.36. The van der Waals surface area contributed by atoms with Crippen LogP contribution in [-0.4, -0.2) is 17.4 Å². The Bertz CT molecular complexity index is 657. The SMILES string of the molecule is O=C(Nc1ccncc1F)c1cccc2c1CCCN2.